The molecule has 0 atom stereocenters. The SMILES string of the molecule is CC(C)CCN1C(=O)C(C)(C)COc2ccc(NC(=O)CCS(=O)(=O)c3ccccc3)cc21. The van der Waals surface area contributed by atoms with Crippen LogP contribution < -0.4 is 15.0 Å². The van der Waals surface area contributed by atoms with Gasteiger partial charge in [-0.15, -0.1) is 0 Å². The third-order valence-electron chi connectivity index (χ3n) is 5.58. The monoisotopic (exact) mass is 472 g/mol. The topological polar surface area (TPSA) is 92.8 Å². The fourth-order valence-electron chi connectivity index (χ4n) is 3.53. The Bertz CT molecular complexity index is 1110. The molecule has 0 aliphatic carbocycles. The van der Waals surface area contributed by atoms with E-state index in [1.54, 1.807) is 41.3 Å². The zero-order valence-electron chi connectivity index (χ0n) is 19.6. The Morgan fingerprint density at radius 3 is 2.52 bits per heavy atom. The molecule has 0 spiro atoms. The summed E-state index contributed by atoms with van der Waals surface area (Å²) in [6.45, 7) is 8.73. The number of amides is 2. The van der Waals surface area contributed by atoms with E-state index in [1.165, 1.54) is 12.1 Å². The highest BCUT2D eigenvalue weighted by Gasteiger charge is 2.37. The summed E-state index contributed by atoms with van der Waals surface area (Å²) in [6.07, 6.45) is 0.656. The summed E-state index contributed by atoms with van der Waals surface area (Å²) in [7, 11) is -3.55. The second-order valence-corrected chi connectivity index (χ2v) is 11.5. The van der Waals surface area contributed by atoms with Gasteiger partial charge in [0, 0.05) is 18.7 Å². The van der Waals surface area contributed by atoms with E-state index in [1.807, 2.05) is 13.8 Å². The Kier molecular flexibility index (Phi) is 7.47. The van der Waals surface area contributed by atoms with Crippen LogP contribution in [0.2, 0.25) is 0 Å². The van der Waals surface area contributed by atoms with Crippen molar-refractivity contribution in [1.82, 2.24) is 0 Å². The highest BCUT2D eigenvalue weighted by molar-refractivity contribution is 7.91. The van der Waals surface area contributed by atoms with Crippen molar-refractivity contribution in [3.05, 3.63) is 48.5 Å². The second-order valence-electron chi connectivity index (χ2n) is 9.42. The maximum Gasteiger partial charge on any atom is 0.236 e. The highest BCUT2D eigenvalue weighted by Crippen LogP contribution is 2.38. The summed E-state index contributed by atoms with van der Waals surface area (Å²) in [4.78, 5) is 27.6. The lowest BCUT2D eigenvalue weighted by Gasteiger charge is -2.28. The van der Waals surface area contributed by atoms with Crippen LogP contribution in [0.5, 0.6) is 5.75 Å². The van der Waals surface area contributed by atoms with E-state index in [-0.39, 0.29) is 29.6 Å². The number of hydrogen-bond acceptors (Lipinski definition) is 5. The highest BCUT2D eigenvalue weighted by atomic mass is 32.2. The summed E-state index contributed by atoms with van der Waals surface area (Å²) >= 11 is 0. The standard InChI is InChI=1S/C25H32N2O5S/c1-18(2)12-14-27-21-16-19(10-11-22(21)32-17-25(3,4)24(27)29)26-23(28)13-15-33(30,31)20-8-6-5-7-9-20/h5-11,16,18H,12-15,17H2,1-4H3,(H,26,28). The lowest BCUT2D eigenvalue weighted by atomic mass is 9.92. The molecule has 2 amide bonds. The molecule has 1 heterocycles. The predicted molar refractivity (Wildman–Crippen MR) is 129 cm³/mol. The molecule has 178 valence electrons. The number of carbonyl (C=O) groups excluding carboxylic acids is 2. The first-order chi connectivity index (χ1) is 15.5. The van der Waals surface area contributed by atoms with E-state index in [0.717, 1.165) is 6.42 Å². The minimum Gasteiger partial charge on any atom is -0.490 e. The maximum absolute atomic E-state index is 13.2. The summed E-state index contributed by atoms with van der Waals surface area (Å²) in [5.74, 6) is 0.276. The van der Waals surface area contributed by atoms with Gasteiger partial charge >= 0.3 is 0 Å². The molecule has 0 unspecified atom stereocenters. The Labute approximate surface area is 196 Å². The largest absolute Gasteiger partial charge is 0.490 e. The van der Waals surface area contributed by atoms with E-state index in [9.17, 15) is 18.0 Å². The van der Waals surface area contributed by atoms with Crippen LogP contribution in [0.4, 0.5) is 11.4 Å². The van der Waals surface area contributed by atoms with Gasteiger partial charge in [-0.05, 0) is 56.5 Å². The van der Waals surface area contributed by atoms with Gasteiger partial charge < -0.3 is 15.0 Å². The fourth-order valence-corrected chi connectivity index (χ4v) is 4.79. The van der Waals surface area contributed by atoms with E-state index in [2.05, 4.69) is 19.2 Å². The molecule has 7 nitrogen and oxygen atoms in total. The Hall–Kier alpha value is -2.87. The molecule has 1 aliphatic heterocycles. The van der Waals surface area contributed by atoms with Gasteiger partial charge in [0.15, 0.2) is 9.84 Å². The first kappa shape index (κ1) is 24.8. The van der Waals surface area contributed by atoms with Crippen LogP contribution in [0, 0.1) is 11.3 Å². The van der Waals surface area contributed by atoms with Crippen LogP contribution in [0.25, 0.3) is 0 Å². The van der Waals surface area contributed by atoms with Crippen molar-refractivity contribution in [2.75, 3.05) is 29.1 Å². The number of anilines is 2. The Balaban J connectivity index is 1.76. The van der Waals surface area contributed by atoms with Crippen molar-refractivity contribution < 1.29 is 22.7 Å². The summed E-state index contributed by atoms with van der Waals surface area (Å²) in [5, 5.41) is 2.76. The first-order valence-corrected chi connectivity index (χ1v) is 12.8. The molecule has 0 fully saturated rings. The van der Waals surface area contributed by atoms with Crippen molar-refractivity contribution in [2.45, 2.75) is 45.4 Å². The summed E-state index contributed by atoms with van der Waals surface area (Å²) < 4.78 is 30.8. The van der Waals surface area contributed by atoms with Gasteiger partial charge in [0.05, 0.1) is 21.8 Å². The van der Waals surface area contributed by atoms with Crippen LogP contribution in [-0.4, -0.2) is 39.1 Å². The molecule has 3 rings (SSSR count). The minimum absolute atomic E-state index is 0.0284. The molecular formula is C25H32N2O5S. The average Bonchev–Trinajstić information content (AvgIpc) is 2.86. The average molecular weight is 473 g/mol. The predicted octanol–water partition coefficient (Wildman–Crippen LogP) is 4.29. The van der Waals surface area contributed by atoms with Crippen molar-refractivity contribution in [2.24, 2.45) is 11.3 Å². The second kappa shape index (κ2) is 9.95. The van der Waals surface area contributed by atoms with Crippen molar-refractivity contribution in [3.8, 4) is 5.75 Å². The molecular weight excluding hydrogens is 440 g/mol. The molecule has 2 aromatic carbocycles. The van der Waals surface area contributed by atoms with Gasteiger partial charge in [0.25, 0.3) is 0 Å². The molecule has 8 heteroatoms. The maximum atomic E-state index is 13.2. The Morgan fingerprint density at radius 2 is 1.85 bits per heavy atom. The zero-order chi connectivity index (χ0) is 24.2. The van der Waals surface area contributed by atoms with Crippen molar-refractivity contribution in [3.63, 3.8) is 0 Å². The number of rotatable bonds is 8. The van der Waals surface area contributed by atoms with Crippen LogP contribution in [-0.2, 0) is 19.4 Å². The number of benzene rings is 2. The Morgan fingerprint density at radius 1 is 1.15 bits per heavy atom. The van der Waals surface area contributed by atoms with E-state index in [0.29, 0.717) is 29.6 Å². The number of nitrogens with one attached hydrogen (secondary N) is 1. The fraction of sp³-hybridized carbons (Fsp3) is 0.440. The molecule has 0 bridgehead atoms. The molecule has 0 aromatic heterocycles. The van der Waals surface area contributed by atoms with Crippen molar-refractivity contribution >= 4 is 33.0 Å². The number of fused-ring (bicyclic) bond motifs is 1. The number of carbonyl (C=O) groups is 2. The van der Waals surface area contributed by atoms with E-state index >= 15 is 0 Å². The molecule has 0 saturated carbocycles. The molecule has 1 aliphatic rings. The third kappa shape index (κ3) is 6.13. The molecule has 0 radical (unpaired) electrons. The van der Waals surface area contributed by atoms with Crippen LogP contribution in [0.15, 0.2) is 53.4 Å². The first-order valence-electron chi connectivity index (χ1n) is 11.2. The van der Waals surface area contributed by atoms with Crippen LogP contribution in [0.3, 0.4) is 0 Å². The molecule has 0 saturated heterocycles. The van der Waals surface area contributed by atoms with E-state index < -0.39 is 21.2 Å². The quantitative estimate of drug-likeness (QED) is 0.619. The van der Waals surface area contributed by atoms with Gasteiger partial charge in [-0.1, -0.05) is 32.0 Å². The van der Waals surface area contributed by atoms with E-state index in [4.69, 9.17) is 4.74 Å². The number of nitrogens with zero attached hydrogens (tertiary/aromatic N) is 1. The zero-order valence-corrected chi connectivity index (χ0v) is 20.4. The van der Waals surface area contributed by atoms with Gasteiger partial charge in [-0.2, -0.15) is 0 Å². The van der Waals surface area contributed by atoms with Gasteiger partial charge in [-0.3, -0.25) is 9.59 Å². The normalized spacial score (nSPS) is 15.5. The molecule has 33 heavy (non-hydrogen) atoms. The molecule has 2 aromatic rings. The number of ether oxygens (including phenoxy) is 1. The van der Waals surface area contributed by atoms with Gasteiger partial charge in [0.2, 0.25) is 11.8 Å². The minimum atomic E-state index is -3.55. The van der Waals surface area contributed by atoms with Gasteiger partial charge in [-0.25, -0.2) is 8.42 Å². The van der Waals surface area contributed by atoms with Crippen molar-refractivity contribution in [1.29, 1.82) is 0 Å². The third-order valence-corrected chi connectivity index (χ3v) is 7.31. The smallest absolute Gasteiger partial charge is 0.236 e. The van der Waals surface area contributed by atoms with Gasteiger partial charge in [0.1, 0.15) is 12.4 Å². The molecule has 1 N–H and O–H groups in total. The lowest BCUT2D eigenvalue weighted by Crippen LogP contribution is -2.42. The number of hydrogen-bond donors (Lipinski definition) is 1. The van der Waals surface area contributed by atoms with Crippen LogP contribution >= 0.6 is 0 Å². The summed E-state index contributed by atoms with van der Waals surface area (Å²) in [5.41, 5.74) is 0.424. The van der Waals surface area contributed by atoms with Crippen LogP contribution in [0.1, 0.15) is 40.5 Å². The number of sulfone groups is 1. The lowest BCUT2D eigenvalue weighted by molar-refractivity contribution is -0.127. The summed E-state index contributed by atoms with van der Waals surface area (Å²) in [6, 6.07) is 13.2.